The highest BCUT2D eigenvalue weighted by Gasteiger charge is 2.18. The minimum absolute atomic E-state index is 0.609. The highest BCUT2D eigenvalue weighted by atomic mass is 15.0. The van der Waals surface area contributed by atoms with Crippen molar-refractivity contribution in [3.8, 4) is 73.4 Å². The number of benzene rings is 9. The van der Waals surface area contributed by atoms with Crippen LogP contribution in [0.4, 0.5) is 0 Å². The fourth-order valence-electron chi connectivity index (χ4n) is 9.08. The van der Waals surface area contributed by atoms with Gasteiger partial charge in [0.05, 0.1) is 22.2 Å². The van der Waals surface area contributed by atoms with Crippen molar-refractivity contribution >= 4 is 43.5 Å². The summed E-state index contributed by atoms with van der Waals surface area (Å²) < 4.78 is 2.32. The topological polar surface area (TPSA) is 56.5 Å². The molecule has 0 aliphatic heterocycles. The summed E-state index contributed by atoms with van der Waals surface area (Å²) in [6.07, 6.45) is 0. The molecule has 12 aromatic rings. The first-order valence-corrected chi connectivity index (χ1v) is 21.2. The molecule has 0 saturated carbocycles. The van der Waals surface area contributed by atoms with Gasteiger partial charge < -0.3 is 4.57 Å². The second-order valence-corrected chi connectivity index (χ2v) is 15.8. The fourth-order valence-corrected chi connectivity index (χ4v) is 9.08. The molecule has 0 fully saturated rings. The molecule has 0 bridgehead atoms. The molecule has 0 atom stereocenters. The van der Waals surface area contributed by atoms with Crippen LogP contribution in [0.15, 0.2) is 224 Å². The Morgan fingerprint density at radius 2 is 0.746 bits per heavy atom. The van der Waals surface area contributed by atoms with E-state index in [1.807, 2.05) is 36.4 Å². The third kappa shape index (κ3) is 6.42. The van der Waals surface area contributed by atoms with Crippen LogP contribution in [-0.4, -0.2) is 24.5 Å². The molecule has 9 aromatic carbocycles. The minimum Gasteiger partial charge on any atom is -0.309 e. The summed E-state index contributed by atoms with van der Waals surface area (Å²) in [6.45, 7) is 0. The van der Waals surface area contributed by atoms with Crippen LogP contribution in [0.3, 0.4) is 0 Å². The third-order valence-electron chi connectivity index (χ3n) is 12.0. The standard InChI is InChI=1S/C58H37N5/c1-4-17-38(18-5-1)50-37-51(40-19-6-2-7-20-40)59-52-36-49(45-25-10-11-28-48(45)55(50)52)39-31-33-42(34-32-39)57-60-56(41-21-8-3-9-22-41)61-58(62-57)43-23-16-24-44(35-43)63-53-29-14-12-26-46(53)47-27-13-15-30-54(47)63/h1-37H. The van der Waals surface area contributed by atoms with E-state index in [4.69, 9.17) is 19.9 Å². The van der Waals surface area contributed by atoms with Crippen molar-refractivity contribution in [2.75, 3.05) is 0 Å². The summed E-state index contributed by atoms with van der Waals surface area (Å²) in [4.78, 5) is 20.7. The first-order chi connectivity index (χ1) is 31.2. The summed E-state index contributed by atoms with van der Waals surface area (Å²) in [5, 5.41) is 5.92. The Morgan fingerprint density at radius 1 is 0.286 bits per heavy atom. The fraction of sp³-hybridized carbons (Fsp3) is 0. The molecule has 3 heterocycles. The summed E-state index contributed by atoms with van der Waals surface area (Å²) in [6, 6.07) is 78.6. The van der Waals surface area contributed by atoms with Gasteiger partial charge in [0.1, 0.15) is 0 Å². The molecule has 3 aromatic heterocycles. The zero-order valence-electron chi connectivity index (χ0n) is 34.1. The first kappa shape index (κ1) is 36.3. The lowest BCUT2D eigenvalue weighted by molar-refractivity contribution is 1.07. The van der Waals surface area contributed by atoms with E-state index in [2.05, 4.69) is 193 Å². The van der Waals surface area contributed by atoms with Crippen LogP contribution in [0.1, 0.15) is 0 Å². The molecule has 0 aliphatic carbocycles. The zero-order valence-corrected chi connectivity index (χ0v) is 34.1. The van der Waals surface area contributed by atoms with Crippen molar-refractivity contribution in [1.82, 2.24) is 24.5 Å². The van der Waals surface area contributed by atoms with Gasteiger partial charge in [-0.3, -0.25) is 0 Å². The summed E-state index contributed by atoms with van der Waals surface area (Å²) in [5.41, 5.74) is 13.6. The van der Waals surface area contributed by atoms with Crippen LogP contribution in [0.5, 0.6) is 0 Å². The molecule has 0 saturated heterocycles. The molecule has 0 aliphatic rings. The van der Waals surface area contributed by atoms with E-state index in [1.165, 1.54) is 16.2 Å². The molecule has 0 amide bonds. The molecule has 12 rings (SSSR count). The van der Waals surface area contributed by atoms with Crippen LogP contribution < -0.4 is 0 Å². The SMILES string of the molecule is c1ccc(-c2cc(-c3ccccc3)c3c(cc(-c4ccc(-c5nc(-c6ccccc6)nc(-c6cccc(-n7c8ccccc8c8ccccc87)c6)n5)cc4)c4ccccc43)n2)cc1. The predicted octanol–water partition coefficient (Wildman–Crippen LogP) is 14.7. The largest absolute Gasteiger partial charge is 0.309 e. The number of aromatic nitrogens is 5. The lowest BCUT2D eigenvalue weighted by Gasteiger charge is -2.16. The monoisotopic (exact) mass is 803 g/mol. The van der Waals surface area contributed by atoms with Crippen LogP contribution >= 0.6 is 0 Å². The van der Waals surface area contributed by atoms with Crippen molar-refractivity contribution < 1.29 is 0 Å². The summed E-state index contributed by atoms with van der Waals surface area (Å²) in [7, 11) is 0. The summed E-state index contributed by atoms with van der Waals surface area (Å²) in [5.74, 6) is 1.84. The number of hydrogen-bond donors (Lipinski definition) is 0. The van der Waals surface area contributed by atoms with Crippen LogP contribution in [0, 0.1) is 0 Å². The van der Waals surface area contributed by atoms with E-state index in [0.29, 0.717) is 17.5 Å². The molecule has 0 unspecified atom stereocenters. The van der Waals surface area contributed by atoms with Gasteiger partial charge in [-0.1, -0.05) is 188 Å². The smallest absolute Gasteiger partial charge is 0.164 e. The normalized spacial score (nSPS) is 11.5. The van der Waals surface area contributed by atoms with Crippen molar-refractivity contribution in [2.24, 2.45) is 0 Å². The van der Waals surface area contributed by atoms with E-state index < -0.39 is 0 Å². The van der Waals surface area contributed by atoms with Gasteiger partial charge in [-0.15, -0.1) is 0 Å². The molecular formula is C58H37N5. The highest BCUT2D eigenvalue weighted by Crippen LogP contribution is 2.41. The molecule has 0 N–H and O–H groups in total. The molecule has 5 nitrogen and oxygen atoms in total. The first-order valence-electron chi connectivity index (χ1n) is 21.2. The van der Waals surface area contributed by atoms with Crippen LogP contribution in [0.2, 0.25) is 0 Å². The zero-order chi connectivity index (χ0) is 41.7. The molecule has 0 spiro atoms. The number of nitrogens with zero attached hydrogens (tertiary/aromatic N) is 5. The average molecular weight is 804 g/mol. The highest BCUT2D eigenvalue weighted by molar-refractivity contribution is 6.18. The van der Waals surface area contributed by atoms with E-state index in [0.717, 1.165) is 83.2 Å². The van der Waals surface area contributed by atoms with Crippen molar-refractivity contribution in [3.63, 3.8) is 0 Å². The van der Waals surface area contributed by atoms with Gasteiger partial charge in [0.25, 0.3) is 0 Å². The minimum atomic E-state index is 0.609. The Bertz CT molecular complexity index is 3600. The number of hydrogen-bond acceptors (Lipinski definition) is 4. The van der Waals surface area contributed by atoms with Gasteiger partial charge in [-0.25, -0.2) is 19.9 Å². The van der Waals surface area contributed by atoms with Crippen molar-refractivity contribution in [3.05, 3.63) is 224 Å². The lowest BCUT2D eigenvalue weighted by Crippen LogP contribution is -2.01. The Morgan fingerprint density at radius 3 is 1.38 bits per heavy atom. The van der Waals surface area contributed by atoms with Gasteiger partial charge in [0, 0.05) is 44.1 Å². The second kappa shape index (κ2) is 15.2. The van der Waals surface area contributed by atoms with Crippen LogP contribution in [-0.2, 0) is 0 Å². The van der Waals surface area contributed by atoms with Gasteiger partial charge in [0.2, 0.25) is 0 Å². The van der Waals surface area contributed by atoms with Gasteiger partial charge >= 0.3 is 0 Å². The molecule has 294 valence electrons. The maximum absolute atomic E-state index is 5.33. The van der Waals surface area contributed by atoms with Crippen molar-refractivity contribution in [1.29, 1.82) is 0 Å². The molecule has 5 heteroatoms. The van der Waals surface area contributed by atoms with E-state index in [1.54, 1.807) is 0 Å². The third-order valence-corrected chi connectivity index (χ3v) is 12.0. The quantitative estimate of drug-likeness (QED) is 0.151. The Hall–Kier alpha value is -8.54. The van der Waals surface area contributed by atoms with E-state index in [9.17, 15) is 0 Å². The second-order valence-electron chi connectivity index (χ2n) is 15.8. The van der Waals surface area contributed by atoms with Crippen LogP contribution in [0.25, 0.3) is 117 Å². The maximum atomic E-state index is 5.33. The van der Waals surface area contributed by atoms with E-state index >= 15 is 0 Å². The number of para-hydroxylation sites is 2. The molecular weight excluding hydrogens is 767 g/mol. The Labute approximate surface area is 364 Å². The van der Waals surface area contributed by atoms with Crippen molar-refractivity contribution in [2.45, 2.75) is 0 Å². The average Bonchev–Trinajstić information content (AvgIpc) is 3.71. The predicted molar refractivity (Wildman–Crippen MR) is 260 cm³/mol. The lowest BCUT2D eigenvalue weighted by atomic mass is 9.90. The number of fused-ring (bicyclic) bond motifs is 6. The van der Waals surface area contributed by atoms with Gasteiger partial charge in [0.15, 0.2) is 17.5 Å². The van der Waals surface area contributed by atoms with Gasteiger partial charge in [-0.2, -0.15) is 0 Å². The molecule has 0 radical (unpaired) electrons. The number of rotatable bonds is 7. The molecule has 63 heavy (non-hydrogen) atoms. The Balaban J connectivity index is 0.990. The van der Waals surface area contributed by atoms with E-state index in [-0.39, 0.29) is 0 Å². The van der Waals surface area contributed by atoms with Gasteiger partial charge in [-0.05, 0) is 69.4 Å². The Kier molecular flexibility index (Phi) is 8.75. The maximum Gasteiger partial charge on any atom is 0.164 e. The summed E-state index contributed by atoms with van der Waals surface area (Å²) >= 11 is 0. The number of pyridine rings is 1.